The summed E-state index contributed by atoms with van der Waals surface area (Å²) in [6, 6.07) is 10.2. The van der Waals surface area contributed by atoms with E-state index in [4.69, 9.17) is 4.74 Å². The number of amides is 2. The number of fused-ring (bicyclic) bond motifs is 1. The number of carbonyl (C=O) groups is 2. The van der Waals surface area contributed by atoms with Crippen LogP contribution in [0.5, 0.6) is 5.88 Å². The molecule has 0 saturated heterocycles. The Kier molecular flexibility index (Phi) is 8.26. The fourth-order valence-corrected chi connectivity index (χ4v) is 3.73. The first-order chi connectivity index (χ1) is 16.2. The van der Waals surface area contributed by atoms with Gasteiger partial charge < -0.3 is 24.7 Å². The van der Waals surface area contributed by atoms with E-state index in [2.05, 4.69) is 16.8 Å². The Morgan fingerprint density at radius 2 is 2.03 bits per heavy atom. The molecule has 0 unspecified atom stereocenters. The molecule has 1 aromatic carbocycles. The van der Waals surface area contributed by atoms with Gasteiger partial charge in [-0.3, -0.25) is 9.59 Å². The summed E-state index contributed by atoms with van der Waals surface area (Å²) in [5, 5.41) is 19.2. The van der Waals surface area contributed by atoms with Crippen LogP contribution in [0.1, 0.15) is 47.1 Å². The van der Waals surface area contributed by atoms with Gasteiger partial charge in [-0.2, -0.15) is 0 Å². The molecule has 8 heteroatoms. The van der Waals surface area contributed by atoms with Crippen molar-refractivity contribution >= 4 is 11.8 Å². The van der Waals surface area contributed by atoms with Gasteiger partial charge in [-0.15, -0.1) is 0 Å². The number of aromatic nitrogens is 1. The normalized spacial score (nSPS) is 19.5. The molecule has 2 N–H and O–H groups in total. The number of aliphatic hydroxyl groups excluding tert-OH is 2. The van der Waals surface area contributed by atoms with E-state index < -0.39 is 18.2 Å². The van der Waals surface area contributed by atoms with Crippen LogP contribution < -0.4 is 4.74 Å². The fourth-order valence-electron chi connectivity index (χ4n) is 3.73. The average Bonchev–Trinajstić information content (AvgIpc) is 2.84. The molecule has 0 saturated carbocycles. The van der Waals surface area contributed by atoms with E-state index in [0.717, 1.165) is 0 Å². The lowest BCUT2D eigenvalue weighted by Crippen LogP contribution is -2.50. The highest BCUT2D eigenvalue weighted by atomic mass is 16.5. The second kappa shape index (κ2) is 11.1. The number of rotatable bonds is 5. The lowest BCUT2D eigenvalue weighted by Gasteiger charge is -2.37. The van der Waals surface area contributed by atoms with E-state index in [1.54, 1.807) is 48.9 Å². The monoisotopic (exact) mass is 465 g/mol. The molecule has 4 atom stereocenters. The third-order valence-corrected chi connectivity index (χ3v) is 5.77. The highest BCUT2D eigenvalue weighted by molar-refractivity contribution is 5.97. The SMILES string of the molecule is C[C@H](O)C#Cc1cnc2c(c1)C(=O)N([C@H](C)CO)C[C@@H](C)[C@@H](CN(C)C(=O)c1ccccc1)O2. The number of aliphatic hydroxyl groups is 2. The fraction of sp³-hybridized carbons (Fsp3) is 0.423. The van der Waals surface area contributed by atoms with Crippen molar-refractivity contribution in [3.63, 3.8) is 0 Å². The maximum Gasteiger partial charge on any atom is 0.259 e. The van der Waals surface area contributed by atoms with Crippen molar-refractivity contribution in [3.8, 4) is 17.7 Å². The third kappa shape index (κ3) is 5.93. The van der Waals surface area contributed by atoms with Crippen LogP contribution in [0.15, 0.2) is 42.6 Å². The molecule has 0 radical (unpaired) electrons. The van der Waals surface area contributed by atoms with Crippen molar-refractivity contribution < 1.29 is 24.5 Å². The van der Waals surface area contributed by atoms with Gasteiger partial charge in [-0.1, -0.05) is 37.0 Å². The predicted octanol–water partition coefficient (Wildman–Crippen LogP) is 1.81. The molecule has 34 heavy (non-hydrogen) atoms. The van der Waals surface area contributed by atoms with E-state index in [0.29, 0.717) is 17.7 Å². The first-order valence-corrected chi connectivity index (χ1v) is 11.3. The number of hydrogen-bond acceptors (Lipinski definition) is 6. The average molecular weight is 466 g/mol. The number of pyridine rings is 1. The number of carbonyl (C=O) groups excluding carboxylic acids is 2. The van der Waals surface area contributed by atoms with E-state index in [9.17, 15) is 19.8 Å². The maximum atomic E-state index is 13.4. The van der Waals surface area contributed by atoms with Crippen molar-refractivity contribution in [3.05, 3.63) is 59.3 Å². The summed E-state index contributed by atoms with van der Waals surface area (Å²) in [7, 11) is 1.71. The van der Waals surface area contributed by atoms with Crippen LogP contribution in [-0.2, 0) is 0 Å². The molecule has 0 spiro atoms. The maximum absolute atomic E-state index is 13.4. The summed E-state index contributed by atoms with van der Waals surface area (Å²) in [6.07, 6.45) is 0.228. The molecule has 180 valence electrons. The summed E-state index contributed by atoms with van der Waals surface area (Å²) in [6.45, 7) is 5.70. The molecule has 8 nitrogen and oxygen atoms in total. The third-order valence-electron chi connectivity index (χ3n) is 5.77. The molecule has 1 aliphatic heterocycles. The minimum absolute atomic E-state index is 0.132. The summed E-state index contributed by atoms with van der Waals surface area (Å²) >= 11 is 0. The lowest BCUT2D eigenvalue weighted by molar-refractivity contribution is 0.0313. The van der Waals surface area contributed by atoms with E-state index in [-0.39, 0.29) is 42.3 Å². The van der Waals surface area contributed by atoms with Crippen molar-refractivity contribution in [2.24, 2.45) is 5.92 Å². The highest BCUT2D eigenvalue weighted by Crippen LogP contribution is 2.27. The Labute approximate surface area is 200 Å². The molecule has 2 heterocycles. The van der Waals surface area contributed by atoms with Gasteiger partial charge in [0, 0.05) is 36.8 Å². The van der Waals surface area contributed by atoms with Gasteiger partial charge in [0.1, 0.15) is 17.8 Å². The van der Waals surface area contributed by atoms with Crippen LogP contribution in [-0.4, -0.2) is 81.8 Å². The standard InChI is InChI=1S/C26H31N3O5/c1-17-14-29(18(2)16-30)26(33)22-12-20(11-10-19(3)31)13-27-24(22)34-23(17)15-28(4)25(32)21-8-6-5-7-9-21/h5-9,12-13,17-19,23,30-31H,14-16H2,1-4H3/t17-,18-,19+,23-/m1/s1. The molecule has 3 rings (SSSR count). The van der Waals surface area contributed by atoms with Gasteiger partial charge in [0.15, 0.2) is 0 Å². The molecule has 0 aliphatic carbocycles. The number of benzene rings is 1. The van der Waals surface area contributed by atoms with Crippen LogP contribution in [0.2, 0.25) is 0 Å². The predicted molar refractivity (Wildman–Crippen MR) is 127 cm³/mol. The van der Waals surface area contributed by atoms with Gasteiger partial charge in [0.2, 0.25) is 5.88 Å². The van der Waals surface area contributed by atoms with Crippen LogP contribution in [0.4, 0.5) is 0 Å². The Morgan fingerprint density at radius 1 is 1.32 bits per heavy atom. The van der Waals surface area contributed by atoms with Crippen molar-refractivity contribution in [1.29, 1.82) is 0 Å². The van der Waals surface area contributed by atoms with Gasteiger partial charge >= 0.3 is 0 Å². The Bertz CT molecular complexity index is 1080. The van der Waals surface area contributed by atoms with Crippen LogP contribution >= 0.6 is 0 Å². The first kappa shape index (κ1) is 25.2. The van der Waals surface area contributed by atoms with Gasteiger partial charge in [0.25, 0.3) is 11.8 Å². The Hall–Kier alpha value is -3.41. The second-order valence-electron chi connectivity index (χ2n) is 8.70. The molecule has 2 amide bonds. The van der Waals surface area contributed by atoms with Crippen LogP contribution in [0.3, 0.4) is 0 Å². The number of hydrogen-bond donors (Lipinski definition) is 2. The molecular weight excluding hydrogens is 434 g/mol. The smallest absolute Gasteiger partial charge is 0.259 e. The van der Waals surface area contributed by atoms with Crippen molar-refractivity contribution in [2.45, 2.75) is 39.0 Å². The summed E-state index contributed by atoms with van der Waals surface area (Å²) in [4.78, 5) is 33.8. The van der Waals surface area contributed by atoms with Crippen LogP contribution in [0.25, 0.3) is 0 Å². The van der Waals surface area contributed by atoms with Gasteiger partial charge in [-0.25, -0.2) is 4.98 Å². The molecule has 0 fully saturated rings. The lowest BCUT2D eigenvalue weighted by atomic mass is 9.99. The van der Waals surface area contributed by atoms with Crippen LogP contribution in [0, 0.1) is 17.8 Å². The molecule has 1 aromatic heterocycles. The summed E-state index contributed by atoms with van der Waals surface area (Å²) in [5.74, 6) is 5.00. The molecule has 2 aromatic rings. The highest BCUT2D eigenvalue weighted by Gasteiger charge is 2.34. The van der Waals surface area contributed by atoms with Gasteiger partial charge in [0.05, 0.1) is 19.2 Å². The number of likely N-dealkylation sites (N-methyl/N-ethyl adjacent to an activating group) is 1. The quantitative estimate of drug-likeness (QED) is 0.653. The number of nitrogens with zero attached hydrogens (tertiary/aromatic N) is 3. The van der Waals surface area contributed by atoms with Crippen molar-refractivity contribution in [1.82, 2.24) is 14.8 Å². The Morgan fingerprint density at radius 3 is 2.68 bits per heavy atom. The molecular formula is C26H31N3O5. The largest absolute Gasteiger partial charge is 0.472 e. The van der Waals surface area contributed by atoms with Gasteiger partial charge in [-0.05, 0) is 32.0 Å². The topological polar surface area (TPSA) is 103 Å². The first-order valence-electron chi connectivity index (χ1n) is 11.3. The molecule has 1 aliphatic rings. The summed E-state index contributed by atoms with van der Waals surface area (Å²) < 4.78 is 6.21. The minimum atomic E-state index is -0.817. The zero-order valence-electron chi connectivity index (χ0n) is 19.9. The minimum Gasteiger partial charge on any atom is -0.472 e. The summed E-state index contributed by atoms with van der Waals surface area (Å²) in [5.41, 5.74) is 1.27. The zero-order valence-corrected chi connectivity index (χ0v) is 19.9. The second-order valence-corrected chi connectivity index (χ2v) is 8.70. The zero-order chi connectivity index (χ0) is 24.8. The van der Waals surface area contributed by atoms with E-state index >= 15 is 0 Å². The number of ether oxygens (including phenoxy) is 1. The van der Waals surface area contributed by atoms with Crippen molar-refractivity contribution in [2.75, 3.05) is 26.7 Å². The molecule has 0 bridgehead atoms. The Balaban J connectivity index is 1.95. The van der Waals surface area contributed by atoms with E-state index in [1.807, 2.05) is 25.1 Å². The van der Waals surface area contributed by atoms with E-state index in [1.165, 1.54) is 6.20 Å².